The molecule has 2 rings (SSSR count). The zero-order chi connectivity index (χ0) is 15.2. The second kappa shape index (κ2) is 6.88. The molecule has 21 heavy (non-hydrogen) atoms. The van der Waals surface area contributed by atoms with Crippen molar-refractivity contribution in [2.75, 3.05) is 11.9 Å². The van der Waals surface area contributed by atoms with Crippen LogP contribution in [0, 0.1) is 0 Å². The Kier molecular flexibility index (Phi) is 4.92. The Morgan fingerprint density at radius 3 is 2.52 bits per heavy atom. The number of hydrogen-bond donors (Lipinski definition) is 2. The normalized spacial score (nSPS) is 10.0. The van der Waals surface area contributed by atoms with Crippen LogP contribution in [0.4, 0.5) is 10.5 Å². The molecule has 0 unspecified atom stereocenters. The van der Waals surface area contributed by atoms with Crippen LogP contribution < -0.4 is 15.8 Å². The van der Waals surface area contributed by atoms with E-state index >= 15 is 0 Å². The first-order valence-electron chi connectivity index (χ1n) is 6.16. The molecule has 0 aliphatic heterocycles. The first-order valence-corrected chi connectivity index (χ1v) is 6.54. The molecule has 0 bridgehead atoms. The molecule has 3 N–H and O–H groups in total. The largest absolute Gasteiger partial charge is 0.417 e. The molecule has 0 aliphatic carbocycles. The third-order valence-corrected chi connectivity index (χ3v) is 2.89. The van der Waals surface area contributed by atoms with Gasteiger partial charge in [0.15, 0.2) is 5.78 Å². The number of Topliss-reactive ketones (excluding diaryl/α,β-unsaturated/α-hetero) is 1. The lowest BCUT2D eigenvalue weighted by Gasteiger charge is -2.07. The van der Waals surface area contributed by atoms with Crippen LogP contribution in [0.15, 0.2) is 48.5 Å². The van der Waals surface area contributed by atoms with Crippen molar-refractivity contribution in [3.8, 4) is 5.75 Å². The van der Waals surface area contributed by atoms with E-state index in [1.807, 2.05) is 0 Å². The van der Waals surface area contributed by atoms with Gasteiger partial charge in [-0.15, -0.1) is 0 Å². The lowest BCUT2D eigenvalue weighted by molar-refractivity contribution is 0.100. The van der Waals surface area contributed by atoms with Crippen LogP contribution in [-0.2, 0) is 0 Å². The van der Waals surface area contributed by atoms with Crippen molar-refractivity contribution in [3.05, 3.63) is 59.1 Å². The standard InChI is InChI=1S/C15H13ClN2O3/c16-11-4-6-12(7-5-11)18-15(20)21-13-3-1-2-10(8-13)14(19)9-17/h1-8H,9,17H2,(H,18,20). The summed E-state index contributed by atoms with van der Waals surface area (Å²) in [5.74, 6) is 0.0410. The maximum atomic E-state index is 11.7. The third-order valence-electron chi connectivity index (χ3n) is 2.64. The van der Waals surface area contributed by atoms with Crippen LogP contribution in [-0.4, -0.2) is 18.4 Å². The molecule has 6 heteroatoms. The fourth-order valence-electron chi connectivity index (χ4n) is 1.63. The zero-order valence-corrected chi connectivity index (χ0v) is 11.8. The second-order valence-electron chi connectivity index (χ2n) is 4.18. The van der Waals surface area contributed by atoms with Crippen molar-refractivity contribution < 1.29 is 14.3 Å². The summed E-state index contributed by atoms with van der Waals surface area (Å²) in [6.45, 7) is -0.0968. The molecule has 0 atom stereocenters. The van der Waals surface area contributed by atoms with Crippen LogP contribution in [0.2, 0.25) is 5.02 Å². The number of anilines is 1. The van der Waals surface area contributed by atoms with Gasteiger partial charge in [-0.25, -0.2) is 4.79 Å². The molecule has 5 nitrogen and oxygen atoms in total. The zero-order valence-electron chi connectivity index (χ0n) is 11.0. The van der Waals surface area contributed by atoms with Gasteiger partial charge in [0.1, 0.15) is 5.75 Å². The predicted molar refractivity (Wildman–Crippen MR) is 80.9 cm³/mol. The Labute approximate surface area is 126 Å². The van der Waals surface area contributed by atoms with E-state index in [1.165, 1.54) is 6.07 Å². The van der Waals surface area contributed by atoms with E-state index in [9.17, 15) is 9.59 Å². The molecule has 2 aromatic rings. The molecule has 0 saturated carbocycles. The van der Waals surface area contributed by atoms with E-state index < -0.39 is 6.09 Å². The minimum atomic E-state index is -0.658. The fraction of sp³-hybridized carbons (Fsp3) is 0.0667. The van der Waals surface area contributed by atoms with Gasteiger partial charge in [-0.3, -0.25) is 10.1 Å². The summed E-state index contributed by atoms with van der Waals surface area (Å²) in [4.78, 5) is 23.2. The summed E-state index contributed by atoms with van der Waals surface area (Å²) in [5.41, 5.74) is 6.24. The van der Waals surface area contributed by atoms with Crippen molar-refractivity contribution in [2.24, 2.45) is 5.73 Å². The van der Waals surface area contributed by atoms with Gasteiger partial charge < -0.3 is 10.5 Å². The molecule has 2 aromatic carbocycles. The van der Waals surface area contributed by atoms with Gasteiger partial charge in [0.2, 0.25) is 0 Å². The lowest BCUT2D eigenvalue weighted by atomic mass is 10.1. The van der Waals surface area contributed by atoms with Gasteiger partial charge in [-0.1, -0.05) is 23.7 Å². The van der Waals surface area contributed by atoms with Crippen molar-refractivity contribution in [2.45, 2.75) is 0 Å². The van der Waals surface area contributed by atoms with E-state index in [-0.39, 0.29) is 18.1 Å². The molecule has 0 aromatic heterocycles. The highest BCUT2D eigenvalue weighted by molar-refractivity contribution is 6.30. The number of ketones is 1. The van der Waals surface area contributed by atoms with Gasteiger partial charge in [0.25, 0.3) is 0 Å². The van der Waals surface area contributed by atoms with E-state index in [0.29, 0.717) is 16.3 Å². The van der Waals surface area contributed by atoms with Crippen LogP contribution in [0.25, 0.3) is 0 Å². The number of ether oxygens (including phenoxy) is 1. The predicted octanol–water partition coefficient (Wildman–Crippen LogP) is 3.09. The summed E-state index contributed by atoms with van der Waals surface area (Å²) in [5, 5.41) is 3.12. The van der Waals surface area contributed by atoms with Crippen LogP contribution in [0.5, 0.6) is 5.75 Å². The number of nitrogens with two attached hydrogens (primary N) is 1. The maximum absolute atomic E-state index is 11.7. The average Bonchev–Trinajstić information content (AvgIpc) is 2.49. The molecule has 0 radical (unpaired) electrons. The Balaban J connectivity index is 2.02. The second-order valence-corrected chi connectivity index (χ2v) is 4.61. The van der Waals surface area contributed by atoms with Crippen LogP contribution >= 0.6 is 11.6 Å². The summed E-state index contributed by atoms with van der Waals surface area (Å²) < 4.78 is 5.11. The SMILES string of the molecule is NCC(=O)c1cccc(OC(=O)Nc2ccc(Cl)cc2)c1. The summed E-state index contributed by atoms with van der Waals surface area (Å²) in [6, 6.07) is 12.9. The molecule has 0 heterocycles. The van der Waals surface area contributed by atoms with E-state index in [0.717, 1.165) is 0 Å². The Hall–Kier alpha value is -2.37. The number of benzene rings is 2. The van der Waals surface area contributed by atoms with Gasteiger partial charge >= 0.3 is 6.09 Å². The van der Waals surface area contributed by atoms with Crippen LogP contribution in [0.3, 0.4) is 0 Å². The Morgan fingerprint density at radius 1 is 1.14 bits per heavy atom. The van der Waals surface area contributed by atoms with Crippen molar-refractivity contribution >= 4 is 29.2 Å². The number of carbonyl (C=O) groups excluding carboxylic acids is 2. The highest BCUT2D eigenvalue weighted by Crippen LogP contribution is 2.16. The molecule has 0 spiro atoms. The molecule has 0 aliphatic rings. The third kappa shape index (κ3) is 4.30. The summed E-state index contributed by atoms with van der Waals surface area (Å²) in [7, 11) is 0. The quantitative estimate of drug-likeness (QED) is 0.850. The average molecular weight is 305 g/mol. The lowest BCUT2D eigenvalue weighted by Crippen LogP contribution is -2.17. The van der Waals surface area contributed by atoms with Gasteiger partial charge in [-0.2, -0.15) is 0 Å². The summed E-state index contributed by atoms with van der Waals surface area (Å²) in [6.07, 6.45) is -0.658. The molecule has 1 amide bonds. The number of carbonyl (C=O) groups is 2. The van der Waals surface area contributed by atoms with Gasteiger partial charge in [-0.05, 0) is 36.4 Å². The molecule has 0 saturated heterocycles. The highest BCUT2D eigenvalue weighted by Gasteiger charge is 2.08. The van der Waals surface area contributed by atoms with Gasteiger partial charge in [0, 0.05) is 16.3 Å². The van der Waals surface area contributed by atoms with E-state index in [1.54, 1.807) is 42.5 Å². The summed E-state index contributed by atoms with van der Waals surface area (Å²) >= 11 is 5.75. The van der Waals surface area contributed by atoms with Gasteiger partial charge in [0.05, 0.1) is 6.54 Å². The first kappa shape index (κ1) is 15.0. The van der Waals surface area contributed by atoms with Crippen molar-refractivity contribution in [1.82, 2.24) is 0 Å². The Bertz CT molecular complexity index is 656. The minimum Gasteiger partial charge on any atom is -0.410 e. The Morgan fingerprint density at radius 2 is 1.86 bits per heavy atom. The van der Waals surface area contributed by atoms with Crippen molar-refractivity contribution in [3.63, 3.8) is 0 Å². The highest BCUT2D eigenvalue weighted by atomic mass is 35.5. The maximum Gasteiger partial charge on any atom is 0.417 e. The van der Waals surface area contributed by atoms with E-state index in [2.05, 4.69) is 5.32 Å². The number of hydrogen-bond acceptors (Lipinski definition) is 4. The van der Waals surface area contributed by atoms with E-state index in [4.69, 9.17) is 22.1 Å². The number of halogens is 1. The fourth-order valence-corrected chi connectivity index (χ4v) is 1.76. The topological polar surface area (TPSA) is 81.4 Å². The molecular formula is C15H13ClN2O3. The molecule has 0 fully saturated rings. The monoisotopic (exact) mass is 304 g/mol. The van der Waals surface area contributed by atoms with Crippen molar-refractivity contribution in [1.29, 1.82) is 0 Å². The minimum absolute atomic E-state index is 0.0968. The number of nitrogens with one attached hydrogen (secondary N) is 1. The first-order chi connectivity index (χ1) is 10.1. The molecular weight excluding hydrogens is 292 g/mol. The smallest absolute Gasteiger partial charge is 0.410 e. The molecule has 108 valence electrons. The number of amides is 1. The number of rotatable bonds is 4. The van der Waals surface area contributed by atoms with Crippen LogP contribution in [0.1, 0.15) is 10.4 Å².